The van der Waals surface area contributed by atoms with Crippen molar-refractivity contribution in [2.75, 3.05) is 0 Å². The number of aromatic nitrogens is 7. The van der Waals surface area contributed by atoms with Gasteiger partial charge >= 0.3 is 0 Å². The molecule has 21 rings (SSSR count). The standard InChI is InChI=1S/2C23H28N.C21H24N.2C19H20N.2C18H18N/c2*1-15(2)12-19-8-7-9-22-20(19)10-11-23(24(22)6)21-14-16(3)13-17(4)18(21)5;1-13-10-15(3)17(5)18(11-13)20-12-16(4)21-14(2)8-7-9-19(21)22(20)6;2*1-13-11-14(2)15(3)17(12-13)19-10-9-16-7-5-6-8-18(16)20(19)4;2*1-13-8-10-16(14(2)12-13)18-11-9-15-6-4-5-7-17(15)19(18)3/h2*7-11,13-15H,12H2,1-6H3;7-12H,1-6H3;2*5-12H,1-4H3;2*4-12H,1-3H3/q7*+1/i4D3,12D2;;;2D3;;1D3;. The molecule has 7 heteroatoms. The molecule has 0 radical (unpaired) electrons. The summed E-state index contributed by atoms with van der Waals surface area (Å²) < 4.78 is 102. The first kappa shape index (κ1) is 92.8. The third-order valence-corrected chi connectivity index (χ3v) is 29.7. The molecule has 0 aliphatic rings. The van der Waals surface area contributed by atoms with Gasteiger partial charge in [0, 0.05) is 171 Å². The van der Waals surface area contributed by atoms with Gasteiger partial charge in [0.1, 0.15) is 49.3 Å². The Morgan fingerprint density at radius 3 is 0.845 bits per heavy atom. The Hall–Kier alpha value is -15.1. The van der Waals surface area contributed by atoms with Crippen molar-refractivity contribution in [2.24, 2.45) is 61.2 Å². The summed E-state index contributed by atoms with van der Waals surface area (Å²) in [5.74, 6) is 0.515. The van der Waals surface area contributed by atoms with Crippen molar-refractivity contribution in [2.45, 2.75) is 186 Å². The van der Waals surface area contributed by atoms with Crippen LogP contribution in [0.25, 0.3) is 155 Å². The normalized spacial score (nSPS) is 12.6. The van der Waals surface area contributed by atoms with Crippen molar-refractivity contribution in [3.63, 3.8) is 0 Å². The van der Waals surface area contributed by atoms with Crippen LogP contribution in [-0.4, -0.2) is 0 Å². The molecular formula is C141H156N7+7. The minimum absolute atomic E-state index is 0.154. The molecule has 0 fully saturated rings. The average molecular weight is 1960 g/mol. The minimum Gasteiger partial charge on any atom is -0.194 e. The van der Waals surface area contributed by atoms with Gasteiger partial charge in [-0.1, -0.05) is 206 Å². The lowest BCUT2D eigenvalue weighted by Gasteiger charge is -2.12. The zero-order valence-electron chi connectivity index (χ0n) is 104. The van der Waals surface area contributed by atoms with E-state index in [4.69, 9.17) is 15.1 Å². The maximum Gasteiger partial charge on any atom is 0.213 e. The Bertz CT molecular complexity index is 9120. The quantitative estimate of drug-likeness (QED) is 0.115. The zero-order chi connectivity index (χ0) is 116. The molecule has 0 spiro atoms. The van der Waals surface area contributed by atoms with E-state index >= 15 is 0 Å². The molecule has 0 aliphatic heterocycles. The lowest BCUT2D eigenvalue weighted by Crippen LogP contribution is -2.32. The van der Waals surface area contributed by atoms with Crippen LogP contribution >= 0.6 is 0 Å². The lowest BCUT2D eigenvalue weighted by atomic mass is 9.95. The van der Waals surface area contributed by atoms with E-state index in [1.54, 1.807) is 24.3 Å². The highest BCUT2D eigenvalue weighted by molar-refractivity contribution is 5.88. The molecule has 7 nitrogen and oxygen atoms in total. The van der Waals surface area contributed by atoms with Crippen molar-refractivity contribution in [3.05, 3.63) is 456 Å². The van der Waals surface area contributed by atoms with Gasteiger partial charge in [-0.15, -0.1) is 0 Å². The summed E-state index contributed by atoms with van der Waals surface area (Å²) in [7, 11) is 14.7. The van der Waals surface area contributed by atoms with E-state index in [0.717, 1.165) is 89.9 Å². The Labute approximate surface area is 899 Å². The number of hydrogen-bond acceptors (Lipinski definition) is 0. The highest BCUT2D eigenvalue weighted by Crippen LogP contribution is 2.37. The van der Waals surface area contributed by atoms with Crippen LogP contribution in [0.5, 0.6) is 0 Å². The molecule has 0 N–H and O–H groups in total. The maximum atomic E-state index is 8.55. The van der Waals surface area contributed by atoms with Gasteiger partial charge in [0.15, 0.2) is 0 Å². The maximum absolute atomic E-state index is 8.55. The number of benzene rings is 14. The third kappa shape index (κ3) is 23.5. The predicted octanol–water partition coefficient (Wildman–Crippen LogP) is 32.2. The van der Waals surface area contributed by atoms with Crippen LogP contribution in [0, 0.1) is 157 Å². The molecule has 0 bridgehead atoms. The fourth-order valence-electron chi connectivity index (χ4n) is 21.4. The van der Waals surface area contributed by atoms with Crippen molar-refractivity contribution in [3.8, 4) is 78.8 Å². The third-order valence-electron chi connectivity index (χ3n) is 29.7. The molecule has 0 amide bonds. The summed E-state index contributed by atoms with van der Waals surface area (Å²) in [6.07, 6.45) is -0.318. The number of rotatable bonds is 11. The summed E-state index contributed by atoms with van der Waals surface area (Å²) in [6, 6.07) is 114. The van der Waals surface area contributed by atoms with Gasteiger partial charge in [0.25, 0.3) is 0 Å². The number of nitrogens with zero attached hydrogens (tertiary/aromatic N) is 7. The molecule has 7 aromatic heterocycles. The molecule has 0 aliphatic carbocycles. The van der Waals surface area contributed by atoms with Gasteiger partial charge < -0.3 is 0 Å². The van der Waals surface area contributed by atoms with Gasteiger partial charge in [-0.05, 0) is 362 Å². The number of para-hydroxylation sites is 4. The van der Waals surface area contributed by atoms with Crippen LogP contribution in [0.4, 0.5) is 0 Å². The van der Waals surface area contributed by atoms with E-state index in [9.17, 15) is 0 Å². The second-order valence-electron chi connectivity index (χ2n) is 41.7. The molecule has 0 unspecified atom stereocenters. The van der Waals surface area contributed by atoms with Crippen molar-refractivity contribution in [1.29, 1.82) is 0 Å². The second kappa shape index (κ2) is 46.3. The van der Waals surface area contributed by atoms with Crippen LogP contribution in [0.3, 0.4) is 0 Å². The monoisotopic (exact) mass is 1960 g/mol. The van der Waals surface area contributed by atoms with Gasteiger partial charge in [0.2, 0.25) is 78.5 Å². The Balaban J connectivity index is 0.000000138. The van der Waals surface area contributed by atoms with Crippen molar-refractivity contribution < 1.29 is 47.0 Å². The molecule has 0 atom stereocenters. The van der Waals surface area contributed by atoms with Crippen LogP contribution < -0.4 is 32.0 Å². The first-order valence-corrected chi connectivity index (χ1v) is 52.0. The molecule has 0 saturated heterocycles. The van der Waals surface area contributed by atoms with E-state index in [1.165, 1.54) is 177 Å². The first-order chi connectivity index (χ1) is 75.0. The van der Waals surface area contributed by atoms with E-state index in [2.05, 4.69) is 396 Å². The van der Waals surface area contributed by atoms with Crippen LogP contribution in [0.2, 0.25) is 0 Å². The highest BCUT2D eigenvalue weighted by atomic mass is 15.0. The number of aryl methyl sites for hydroxylation is 23. The summed E-state index contributed by atoms with van der Waals surface area (Å²) in [5.41, 5.74) is 49.9. The molecule has 7 heterocycles. The summed E-state index contributed by atoms with van der Waals surface area (Å²) in [6.45, 7) is 40.1. The summed E-state index contributed by atoms with van der Waals surface area (Å²) in [4.78, 5) is 0. The van der Waals surface area contributed by atoms with Crippen LogP contribution in [-0.2, 0) is 62.1 Å². The largest absolute Gasteiger partial charge is 0.213 e. The van der Waals surface area contributed by atoms with E-state index in [0.29, 0.717) is 28.2 Å². The fraction of sp³-hybridized carbons (Fsp3) is 0.255. The highest BCUT2D eigenvalue weighted by Gasteiger charge is 2.27. The van der Waals surface area contributed by atoms with Crippen LogP contribution in [0.1, 0.15) is 171 Å². The van der Waals surface area contributed by atoms with Crippen LogP contribution in [0.15, 0.2) is 328 Å². The van der Waals surface area contributed by atoms with E-state index in [1.807, 2.05) is 141 Å². The Morgan fingerprint density at radius 1 is 0.203 bits per heavy atom. The van der Waals surface area contributed by atoms with Gasteiger partial charge in [-0.25, -0.2) is 0 Å². The smallest absolute Gasteiger partial charge is 0.194 e. The first-order valence-electron chi connectivity index (χ1n) is 57.5. The Morgan fingerprint density at radius 2 is 0.486 bits per heavy atom. The van der Waals surface area contributed by atoms with Gasteiger partial charge in [0.05, 0.1) is 5.39 Å². The fourth-order valence-corrected chi connectivity index (χ4v) is 21.4. The number of pyridine rings is 7. The molecule has 0 saturated carbocycles. The zero-order valence-corrected chi connectivity index (χ0v) is 92.7. The Kier molecular flexibility index (Phi) is 29.1. The minimum atomic E-state index is -2.17. The lowest BCUT2D eigenvalue weighted by molar-refractivity contribution is -0.633. The molecule has 14 aromatic carbocycles. The van der Waals surface area contributed by atoms with Crippen molar-refractivity contribution in [1.82, 2.24) is 0 Å². The molecule has 21 aromatic rings. The molecule has 748 valence electrons. The SMILES string of the molecule is Cc1cc(C)c(C)c(-c2cc(C)c3c(C)cccc3[n+]2C)c1.Cc1cc(C)c(C)c(-c2ccc3c(CC(C)C)cccc3[n+]2C)c1.Cc1cc(C)c(C)c(-c2ccc3ccccc3[n+]2C)c1.Cc1ccc(-c2ccc3ccccc3[n+]2C)c(C)c1.[2H]C([2H])([2H])c1cc(C)cc(-c2ccc3c(C([2H])([2H])C(C)C)cccc3[n+]2C)c1C.[2H]C([2H])([2H])c1cc(C)cc(-c2ccc3ccccc3[n+]2C)c1C.[2H]C([2H])([2H])c1ccc(-c2ccc3ccccc3[n+]2C)c(C)c1. The number of fused-ring (bicyclic) bond motifs is 7. The molecular weight excluding hydrogens is 1790 g/mol. The second-order valence-corrected chi connectivity index (χ2v) is 41.7. The van der Waals surface area contributed by atoms with E-state index in [-0.39, 0.29) is 5.92 Å². The number of hydrogen-bond donors (Lipinski definition) is 0. The van der Waals surface area contributed by atoms with E-state index < -0.39 is 26.9 Å². The van der Waals surface area contributed by atoms with Crippen molar-refractivity contribution >= 4 is 76.3 Å². The summed E-state index contributed by atoms with van der Waals surface area (Å²) >= 11 is 0. The van der Waals surface area contributed by atoms with Gasteiger partial charge in [-0.3, -0.25) is 0 Å². The molecule has 148 heavy (non-hydrogen) atoms. The average Bonchev–Trinajstić information content (AvgIpc) is 0.755. The van der Waals surface area contributed by atoms with Gasteiger partial charge in [-0.2, -0.15) is 32.0 Å². The topological polar surface area (TPSA) is 27.2 Å². The summed E-state index contributed by atoms with van der Waals surface area (Å²) in [5, 5.41) is 8.53. The predicted molar refractivity (Wildman–Crippen MR) is 630 cm³/mol.